The van der Waals surface area contributed by atoms with Crippen LogP contribution in [0.4, 0.5) is 4.79 Å². The number of hydrogen-bond acceptors (Lipinski definition) is 2. The molecule has 1 amide bonds. The Kier molecular flexibility index (Phi) is 2.58. The van der Waals surface area contributed by atoms with Crippen molar-refractivity contribution in [1.29, 1.82) is 0 Å². The summed E-state index contributed by atoms with van der Waals surface area (Å²) in [5, 5.41) is 9.01. The number of pyridine rings is 1. The van der Waals surface area contributed by atoms with E-state index < -0.39 is 6.09 Å². The van der Waals surface area contributed by atoms with Crippen molar-refractivity contribution in [2.24, 2.45) is 0 Å². The van der Waals surface area contributed by atoms with Gasteiger partial charge in [-0.3, -0.25) is 9.88 Å². The average molecular weight is 206 g/mol. The molecule has 2 rings (SSSR count). The number of carbonyl (C=O) groups is 1. The Labute approximate surface area is 88.6 Å². The minimum atomic E-state index is -0.846. The maximum absolute atomic E-state index is 11.0. The van der Waals surface area contributed by atoms with Gasteiger partial charge in [-0.15, -0.1) is 0 Å². The molecule has 1 saturated heterocycles. The number of amides is 1. The molecule has 4 heteroatoms. The Morgan fingerprint density at radius 3 is 3.13 bits per heavy atom. The third-order valence-corrected chi connectivity index (χ3v) is 2.78. The minimum Gasteiger partial charge on any atom is -0.465 e. The second-order valence-electron chi connectivity index (χ2n) is 3.89. The zero-order valence-electron chi connectivity index (χ0n) is 8.68. The highest BCUT2D eigenvalue weighted by Crippen LogP contribution is 2.30. The van der Waals surface area contributed by atoms with Crippen LogP contribution in [-0.2, 0) is 0 Å². The number of carboxylic acid groups (broad SMARTS) is 1. The molecule has 1 unspecified atom stereocenters. The molecule has 1 fully saturated rings. The van der Waals surface area contributed by atoms with Crippen molar-refractivity contribution < 1.29 is 9.90 Å². The van der Waals surface area contributed by atoms with E-state index in [0.717, 1.165) is 24.1 Å². The molecule has 0 spiro atoms. The predicted octanol–water partition coefficient (Wildman–Crippen LogP) is 2.20. The van der Waals surface area contributed by atoms with E-state index in [9.17, 15) is 4.79 Å². The zero-order valence-corrected chi connectivity index (χ0v) is 8.68. The summed E-state index contributed by atoms with van der Waals surface area (Å²) in [6.45, 7) is 2.61. The molecule has 0 aliphatic carbocycles. The fraction of sp³-hybridized carbons (Fsp3) is 0.455. The average Bonchev–Trinajstić information content (AvgIpc) is 2.65. The molecular formula is C11H14N2O2. The fourth-order valence-electron chi connectivity index (χ4n) is 2.04. The summed E-state index contributed by atoms with van der Waals surface area (Å²) in [6, 6.07) is 3.83. The number of hydrogen-bond donors (Lipinski definition) is 1. The first-order chi connectivity index (χ1) is 7.18. The molecule has 80 valence electrons. The van der Waals surface area contributed by atoms with E-state index in [1.807, 2.05) is 19.1 Å². The van der Waals surface area contributed by atoms with Crippen LogP contribution in [0, 0.1) is 6.92 Å². The van der Waals surface area contributed by atoms with Gasteiger partial charge in [0.25, 0.3) is 0 Å². The van der Waals surface area contributed by atoms with E-state index >= 15 is 0 Å². The van der Waals surface area contributed by atoms with E-state index in [1.165, 1.54) is 4.90 Å². The Morgan fingerprint density at radius 2 is 2.47 bits per heavy atom. The van der Waals surface area contributed by atoms with Gasteiger partial charge in [-0.25, -0.2) is 4.79 Å². The van der Waals surface area contributed by atoms with Crippen molar-refractivity contribution >= 4 is 6.09 Å². The maximum atomic E-state index is 11.0. The summed E-state index contributed by atoms with van der Waals surface area (Å²) in [6.07, 6.45) is 2.69. The number of nitrogens with zero attached hydrogens (tertiary/aromatic N) is 2. The van der Waals surface area contributed by atoms with Gasteiger partial charge in [0.15, 0.2) is 0 Å². The van der Waals surface area contributed by atoms with Crippen molar-refractivity contribution in [2.45, 2.75) is 25.8 Å². The molecule has 0 aromatic carbocycles. The van der Waals surface area contributed by atoms with Crippen LogP contribution < -0.4 is 0 Å². The Bertz CT molecular complexity index is 379. The second-order valence-corrected chi connectivity index (χ2v) is 3.89. The Morgan fingerprint density at radius 1 is 1.67 bits per heavy atom. The van der Waals surface area contributed by atoms with Crippen LogP contribution in [0.1, 0.15) is 30.1 Å². The summed E-state index contributed by atoms with van der Waals surface area (Å²) in [5.74, 6) is 0. The quantitative estimate of drug-likeness (QED) is 0.766. The topological polar surface area (TPSA) is 53.4 Å². The summed E-state index contributed by atoms with van der Waals surface area (Å²) in [4.78, 5) is 16.7. The van der Waals surface area contributed by atoms with E-state index in [2.05, 4.69) is 4.98 Å². The normalized spacial score (nSPS) is 20.6. The van der Waals surface area contributed by atoms with Crippen LogP contribution in [0.15, 0.2) is 18.3 Å². The minimum absolute atomic E-state index is 0.0533. The van der Waals surface area contributed by atoms with E-state index in [4.69, 9.17) is 5.11 Å². The molecule has 1 aliphatic rings. The summed E-state index contributed by atoms with van der Waals surface area (Å²) >= 11 is 0. The summed E-state index contributed by atoms with van der Waals surface area (Å²) in [7, 11) is 0. The van der Waals surface area contributed by atoms with Crippen LogP contribution >= 0.6 is 0 Å². The number of likely N-dealkylation sites (tertiary alicyclic amines) is 1. The van der Waals surface area contributed by atoms with Crippen molar-refractivity contribution in [3.05, 3.63) is 29.6 Å². The lowest BCUT2D eigenvalue weighted by molar-refractivity contribution is 0.139. The third-order valence-electron chi connectivity index (χ3n) is 2.78. The van der Waals surface area contributed by atoms with Gasteiger partial charge in [-0.2, -0.15) is 0 Å². The van der Waals surface area contributed by atoms with Crippen LogP contribution in [0.2, 0.25) is 0 Å². The molecule has 1 aliphatic heterocycles. The van der Waals surface area contributed by atoms with Crippen LogP contribution in [0.5, 0.6) is 0 Å². The van der Waals surface area contributed by atoms with Gasteiger partial charge in [-0.05, 0) is 37.5 Å². The highest BCUT2D eigenvalue weighted by Gasteiger charge is 2.30. The van der Waals surface area contributed by atoms with Gasteiger partial charge in [0.1, 0.15) is 0 Å². The van der Waals surface area contributed by atoms with Gasteiger partial charge >= 0.3 is 6.09 Å². The smallest absolute Gasteiger partial charge is 0.407 e. The molecule has 1 atom stereocenters. The maximum Gasteiger partial charge on any atom is 0.407 e. The summed E-state index contributed by atoms with van der Waals surface area (Å²) < 4.78 is 0. The van der Waals surface area contributed by atoms with Gasteiger partial charge < -0.3 is 5.11 Å². The van der Waals surface area contributed by atoms with Gasteiger partial charge in [-0.1, -0.05) is 0 Å². The Hall–Kier alpha value is -1.58. The van der Waals surface area contributed by atoms with Crippen molar-refractivity contribution in [3.63, 3.8) is 0 Å². The van der Waals surface area contributed by atoms with Crippen LogP contribution in [-0.4, -0.2) is 27.6 Å². The molecule has 2 heterocycles. The van der Waals surface area contributed by atoms with Crippen molar-refractivity contribution in [1.82, 2.24) is 9.88 Å². The monoisotopic (exact) mass is 206 g/mol. The lowest BCUT2D eigenvalue weighted by atomic mass is 10.1. The second kappa shape index (κ2) is 3.88. The van der Waals surface area contributed by atoms with E-state index in [1.54, 1.807) is 6.20 Å². The zero-order chi connectivity index (χ0) is 10.8. The Balaban J connectivity index is 2.26. The first-order valence-corrected chi connectivity index (χ1v) is 5.10. The highest BCUT2D eigenvalue weighted by molar-refractivity contribution is 5.66. The highest BCUT2D eigenvalue weighted by atomic mass is 16.4. The van der Waals surface area contributed by atoms with Gasteiger partial charge in [0.2, 0.25) is 0 Å². The van der Waals surface area contributed by atoms with Crippen LogP contribution in [0.25, 0.3) is 0 Å². The predicted molar refractivity (Wildman–Crippen MR) is 55.7 cm³/mol. The molecule has 4 nitrogen and oxygen atoms in total. The number of aryl methyl sites for hydroxylation is 1. The molecule has 1 aromatic heterocycles. The molecular weight excluding hydrogens is 192 g/mol. The first kappa shape index (κ1) is 9.96. The summed E-state index contributed by atoms with van der Waals surface area (Å²) in [5.41, 5.74) is 1.99. The molecule has 1 N–H and O–H groups in total. The van der Waals surface area contributed by atoms with Crippen LogP contribution in [0.3, 0.4) is 0 Å². The largest absolute Gasteiger partial charge is 0.465 e. The first-order valence-electron chi connectivity index (χ1n) is 5.10. The third kappa shape index (κ3) is 1.93. The van der Waals surface area contributed by atoms with Crippen molar-refractivity contribution in [3.8, 4) is 0 Å². The standard InChI is InChI=1S/C11H14N2O2/c1-8-4-5-12-9(7-8)10-3-2-6-13(10)11(14)15/h4-5,7,10H,2-3,6H2,1H3,(H,14,15). The fourth-order valence-corrected chi connectivity index (χ4v) is 2.04. The van der Waals surface area contributed by atoms with Gasteiger partial charge in [0.05, 0.1) is 11.7 Å². The SMILES string of the molecule is Cc1ccnc(C2CCCN2C(=O)O)c1. The lowest BCUT2D eigenvalue weighted by Crippen LogP contribution is -2.29. The van der Waals surface area contributed by atoms with Gasteiger partial charge in [0, 0.05) is 12.7 Å². The molecule has 15 heavy (non-hydrogen) atoms. The van der Waals surface area contributed by atoms with E-state index in [0.29, 0.717) is 6.54 Å². The molecule has 0 bridgehead atoms. The molecule has 0 radical (unpaired) electrons. The van der Waals surface area contributed by atoms with E-state index in [-0.39, 0.29) is 6.04 Å². The number of aromatic nitrogens is 1. The molecule has 0 saturated carbocycles. The van der Waals surface area contributed by atoms with Crippen molar-refractivity contribution in [2.75, 3.05) is 6.54 Å². The lowest BCUT2D eigenvalue weighted by Gasteiger charge is -2.20. The molecule has 1 aromatic rings. The number of rotatable bonds is 1.